The molecular formula is C17H25N3O2S. The van der Waals surface area contributed by atoms with Crippen molar-refractivity contribution in [3.63, 3.8) is 0 Å². The molecule has 3 N–H and O–H groups in total. The normalized spacial score (nSPS) is 10.9. The third-order valence-corrected chi connectivity index (χ3v) is 4.99. The van der Waals surface area contributed by atoms with E-state index in [-0.39, 0.29) is 11.8 Å². The third-order valence-electron chi connectivity index (χ3n) is 3.75. The molecule has 0 saturated carbocycles. The topological polar surface area (TPSA) is 81.2 Å². The second-order valence-corrected chi connectivity index (χ2v) is 6.73. The Balaban J connectivity index is 1.99. The van der Waals surface area contributed by atoms with Gasteiger partial charge < -0.3 is 15.6 Å². The molecule has 2 aromatic rings. The third kappa shape index (κ3) is 4.58. The van der Waals surface area contributed by atoms with Crippen LogP contribution in [0.3, 0.4) is 0 Å². The van der Waals surface area contributed by atoms with Gasteiger partial charge in [-0.3, -0.25) is 4.79 Å². The highest BCUT2D eigenvalue weighted by Gasteiger charge is 2.23. The van der Waals surface area contributed by atoms with Gasteiger partial charge in [0.15, 0.2) is 0 Å². The molecule has 0 aliphatic rings. The highest BCUT2D eigenvalue weighted by atomic mass is 32.1. The molecule has 0 saturated heterocycles. The SMILES string of the molecule is CCCCCCCNC(=O)c1c(-c2ccc(CC)s2)noc1N. The van der Waals surface area contributed by atoms with E-state index >= 15 is 0 Å². The number of nitrogens with two attached hydrogens (primary N) is 1. The van der Waals surface area contributed by atoms with Crippen LogP contribution in [0.2, 0.25) is 0 Å². The fraction of sp³-hybridized carbons (Fsp3) is 0.529. The molecule has 1 amide bonds. The van der Waals surface area contributed by atoms with Crippen molar-refractivity contribution in [1.82, 2.24) is 10.5 Å². The van der Waals surface area contributed by atoms with Gasteiger partial charge in [-0.1, -0.05) is 44.7 Å². The van der Waals surface area contributed by atoms with Gasteiger partial charge in [-0.2, -0.15) is 0 Å². The molecule has 2 rings (SSSR count). The van der Waals surface area contributed by atoms with Gasteiger partial charge in [-0.15, -0.1) is 11.3 Å². The Morgan fingerprint density at radius 1 is 1.26 bits per heavy atom. The number of unbranched alkanes of at least 4 members (excludes halogenated alkanes) is 4. The average Bonchev–Trinajstić information content (AvgIpc) is 3.16. The first kappa shape index (κ1) is 17.5. The largest absolute Gasteiger partial charge is 0.367 e. The fourth-order valence-electron chi connectivity index (χ4n) is 2.40. The van der Waals surface area contributed by atoms with E-state index < -0.39 is 0 Å². The average molecular weight is 335 g/mol. The second kappa shape index (κ2) is 8.72. The second-order valence-electron chi connectivity index (χ2n) is 5.56. The number of carbonyl (C=O) groups is 1. The van der Waals surface area contributed by atoms with E-state index in [1.807, 2.05) is 12.1 Å². The van der Waals surface area contributed by atoms with Gasteiger partial charge in [-0.05, 0) is 25.0 Å². The minimum absolute atomic E-state index is 0.0786. The Morgan fingerprint density at radius 3 is 2.74 bits per heavy atom. The van der Waals surface area contributed by atoms with Crippen LogP contribution in [-0.2, 0) is 6.42 Å². The summed E-state index contributed by atoms with van der Waals surface area (Å²) in [5.74, 6) is -0.129. The summed E-state index contributed by atoms with van der Waals surface area (Å²) in [5.41, 5.74) is 6.69. The summed E-state index contributed by atoms with van der Waals surface area (Å²) in [4.78, 5) is 14.6. The van der Waals surface area contributed by atoms with Crippen LogP contribution >= 0.6 is 11.3 Å². The summed E-state index contributed by atoms with van der Waals surface area (Å²) in [6.45, 7) is 4.93. The predicted octanol–water partition coefficient (Wildman–Crippen LogP) is 4.25. The predicted molar refractivity (Wildman–Crippen MR) is 94.7 cm³/mol. The van der Waals surface area contributed by atoms with Gasteiger partial charge >= 0.3 is 0 Å². The van der Waals surface area contributed by atoms with E-state index in [0.717, 1.165) is 24.1 Å². The standard InChI is InChI=1S/C17H25N3O2S/c1-3-5-6-7-8-11-19-17(21)14-15(20-22-16(14)18)13-10-9-12(4-2)23-13/h9-10H,3-8,11,18H2,1-2H3,(H,19,21). The minimum Gasteiger partial charge on any atom is -0.367 e. The lowest BCUT2D eigenvalue weighted by Crippen LogP contribution is -2.25. The maximum absolute atomic E-state index is 12.4. The zero-order valence-corrected chi connectivity index (χ0v) is 14.7. The van der Waals surface area contributed by atoms with Crippen LogP contribution in [0.15, 0.2) is 16.7 Å². The first-order chi connectivity index (χ1) is 11.2. The molecule has 0 aromatic carbocycles. The van der Waals surface area contributed by atoms with Crippen LogP contribution in [0.25, 0.3) is 10.6 Å². The highest BCUT2D eigenvalue weighted by Crippen LogP contribution is 2.32. The first-order valence-electron chi connectivity index (χ1n) is 8.29. The number of rotatable bonds is 9. The summed E-state index contributed by atoms with van der Waals surface area (Å²) in [5, 5.41) is 6.89. The van der Waals surface area contributed by atoms with Crippen LogP contribution in [0.1, 0.15) is 61.2 Å². The molecule has 0 atom stereocenters. The Labute approximate surface area is 141 Å². The molecule has 0 spiro atoms. The molecular weight excluding hydrogens is 310 g/mol. The van der Waals surface area contributed by atoms with Crippen molar-refractivity contribution in [2.45, 2.75) is 52.4 Å². The lowest BCUT2D eigenvalue weighted by molar-refractivity contribution is 0.0954. The molecule has 23 heavy (non-hydrogen) atoms. The van der Waals surface area contributed by atoms with Gasteiger partial charge in [0.2, 0.25) is 5.88 Å². The van der Waals surface area contributed by atoms with Crippen molar-refractivity contribution in [3.8, 4) is 10.6 Å². The quantitative estimate of drug-likeness (QED) is 0.671. The van der Waals surface area contributed by atoms with Crippen molar-refractivity contribution in [2.75, 3.05) is 12.3 Å². The summed E-state index contributed by atoms with van der Waals surface area (Å²) in [7, 11) is 0. The maximum atomic E-state index is 12.4. The monoisotopic (exact) mass is 335 g/mol. The molecule has 126 valence electrons. The number of thiophene rings is 1. The molecule has 2 aromatic heterocycles. The molecule has 2 heterocycles. The fourth-order valence-corrected chi connectivity index (χ4v) is 3.34. The Kier molecular flexibility index (Phi) is 6.65. The summed E-state index contributed by atoms with van der Waals surface area (Å²) < 4.78 is 5.05. The van der Waals surface area contributed by atoms with Gasteiger partial charge in [0, 0.05) is 11.4 Å². The van der Waals surface area contributed by atoms with Gasteiger partial charge in [0.25, 0.3) is 5.91 Å². The number of anilines is 1. The van der Waals surface area contributed by atoms with Crippen molar-refractivity contribution in [1.29, 1.82) is 0 Å². The number of nitrogen functional groups attached to an aromatic ring is 1. The molecule has 0 aliphatic heterocycles. The van der Waals surface area contributed by atoms with Gasteiger partial charge in [0.1, 0.15) is 11.3 Å². The van der Waals surface area contributed by atoms with Crippen molar-refractivity contribution < 1.29 is 9.32 Å². The van der Waals surface area contributed by atoms with E-state index in [2.05, 4.69) is 24.3 Å². The van der Waals surface area contributed by atoms with Crippen LogP contribution < -0.4 is 11.1 Å². The van der Waals surface area contributed by atoms with Gasteiger partial charge in [0.05, 0.1) is 4.88 Å². The molecule has 5 nitrogen and oxygen atoms in total. The highest BCUT2D eigenvalue weighted by molar-refractivity contribution is 7.15. The number of nitrogens with zero attached hydrogens (tertiary/aromatic N) is 1. The van der Waals surface area contributed by atoms with Crippen LogP contribution in [0, 0.1) is 0 Å². The van der Waals surface area contributed by atoms with Crippen molar-refractivity contribution in [2.24, 2.45) is 0 Å². The van der Waals surface area contributed by atoms with E-state index in [9.17, 15) is 4.79 Å². The molecule has 0 radical (unpaired) electrons. The number of aromatic nitrogens is 1. The van der Waals surface area contributed by atoms with E-state index in [4.69, 9.17) is 10.3 Å². The number of aryl methyl sites for hydroxylation is 1. The van der Waals surface area contributed by atoms with Crippen LogP contribution in [-0.4, -0.2) is 17.6 Å². The van der Waals surface area contributed by atoms with Gasteiger partial charge in [-0.25, -0.2) is 0 Å². The Hall–Kier alpha value is -1.82. The molecule has 0 aliphatic carbocycles. The van der Waals surface area contributed by atoms with Crippen LogP contribution in [0.4, 0.5) is 5.88 Å². The summed E-state index contributed by atoms with van der Waals surface area (Å²) in [6, 6.07) is 4.00. The summed E-state index contributed by atoms with van der Waals surface area (Å²) >= 11 is 1.61. The molecule has 0 fully saturated rings. The number of hydrogen-bond donors (Lipinski definition) is 2. The lowest BCUT2D eigenvalue weighted by Gasteiger charge is -2.05. The first-order valence-corrected chi connectivity index (χ1v) is 9.11. The lowest BCUT2D eigenvalue weighted by atomic mass is 10.1. The van der Waals surface area contributed by atoms with E-state index in [0.29, 0.717) is 17.8 Å². The Bertz CT molecular complexity index is 634. The zero-order chi connectivity index (χ0) is 16.7. The van der Waals surface area contributed by atoms with Crippen molar-refractivity contribution in [3.05, 3.63) is 22.6 Å². The smallest absolute Gasteiger partial charge is 0.259 e. The number of hydrogen-bond acceptors (Lipinski definition) is 5. The summed E-state index contributed by atoms with van der Waals surface area (Å²) in [6.07, 6.45) is 6.73. The zero-order valence-electron chi connectivity index (χ0n) is 13.9. The number of nitrogens with one attached hydrogen (secondary N) is 1. The number of amides is 1. The van der Waals surface area contributed by atoms with E-state index in [1.54, 1.807) is 11.3 Å². The van der Waals surface area contributed by atoms with Crippen molar-refractivity contribution >= 4 is 23.1 Å². The molecule has 6 heteroatoms. The number of carbonyl (C=O) groups excluding carboxylic acids is 1. The molecule has 0 bridgehead atoms. The maximum Gasteiger partial charge on any atom is 0.259 e. The Morgan fingerprint density at radius 2 is 2.04 bits per heavy atom. The minimum atomic E-state index is -0.208. The molecule has 0 unspecified atom stereocenters. The van der Waals surface area contributed by atoms with E-state index in [1.165, 1.54) is 24.1 Å². The van der Waals surface area contributed by atoms with Crippen LogP contribution in [0.5, 0.6) is 0 Å².